The molecule has 2 aliphatic rings. The Morgan fingerprint density at radius 1 is 0.972 bits per heavy atom. The van der Waals surface area contributed by atoms with Gasteiger partial charge in [0.1, 0.15) is 6.17 Å². The maximum absolute atomic E-state index is 13.5. The van der Waals surface area contributed by atoms with E-state index in [1.165, 1.54) is 22.3 Å². The molecule has 2 unspecified atom stereocenters. The monoisotopic (exact) mass is 486 g/mol. The summed E-state index contributed by atoms with van der Waals surface area (Å²) in [6.07, 6.45) is 6.58. The van der Waals surface area contributed by atoms with E-state index >= 15 is 0 Å². The maximum atomic E-state index is 13.5. The second-order valence-electron chi connectivity index (χ2n) is 9.70. The van der Waals surface area contributed by atoms with Crippen molar-refractivity contribution in [3.8, 4) is 5.75 Å². The van der Waals surface area contributed by atoms with Gasteiger partial charge in [0, 0.05) is 19.0 Å². The standard InChI is InChI=1S/C29H34N4O3/c1-3-5-12-21-14-7-9-16-23(21)25(22-15-8-6-13-20(22)4-2)28-31-17-10-11-18-32(31)29(36)26-27(35)24(34)19-30-33(26)28/h6-9,13-16,19,25,28,35H,3-5,10-12,17-18H2,1-2H3. The molecule has 0 aliphatic carbocycles. The fourth-order valence-electron chi connectivity index (χ4n) is 5.78. The lowest BCUT2D eigenvalue weighted by molar-refractivity contribution is -0.104. The molecule has 2 aromatic carbocycles. The number of amides is 1. The number of nitrogens with zero attached hydrogens (tertiary/aromatic N) is 4. The Morgan fingerprint density at radius 2 is 1.64 bits per heavy atom. The number of aromatic nitrogens is 2. The van der Waals surface area contributed by atoms with Gasteiger partial charge >= 0.3 is 0 Å². The molecule has 1 saturated heterocycles. The molecule has 5 rings (SSSR count). The lowest BCUT2D eigenvalue weighted by atomic mass is 9.81. The first kappa shape index (κ1) is 24.3. The number of benzene rings is 2. The van der Waals surface area contributed by atoms with Crippen LogP contribution in [0.4, 0.5) is 0 Å². The van der Waals surface area contributed by atoms with Crippen molar-refractivity contribution in [1.29, 1.82) is 0 Å². The molecule has 1 amide bonds. The van der Waals surface area contributed by atoms with E-state index in [-0.39, 0.29) is 17.5 Å². The molecule has 36 heavy (non-hydrogen) atoms. The Balaban J connectivity index is 1.80. The number of carbonyl (C=O) groups is 1. The molecule has 3 heterocycles. The molecule has 0 spiro atoms. The van der Waals surface area contributed by atoms with Crippen molar-refractivity contribution >= 4 is 5.91 Å². The zero-order valence-electron chi connectivity index (χ0n) is 21.1. The molecule has 3 aromatic rings. The summed E-state index contributed by atoms with van der Waals surface area (Å²) in [5.41, 5.74) is 4.24. The van der Waals surface area contributed by atoms with E-state index in [1.807, 2.05) is 0 Å². The Hall–Kier alpha value is -3.45. The molecule has 0 saturated carbocycles. The summed E-state index contributed by atoms with van der Waals surface area (Å²) < 4.78 is 1.61. The van der Waals surface area contributed by atoms with Crippen LogP contribution in [0.1, 0.15) is 84.4 Å². The van der Waals surface area contributed by atoms with Crippen LogP contribution in [0.15, 0.2) is 59.5 Å². The number of rotatable bonds is 7. The number of carbonyl (C=O) groups excluding carboxylic acids is 1. The summed E-state index contributed by atoms with van der Waals surface area (Å²) in [7, 11) is 0. The van der Waals surface area contributed by atoms with E-state index in [2.05, 4.69) is 72.5 Å². The number of unbranched alkanes of at least 4 members (excludes halogenated alkanes) is 1. The molecule has 0 radical (unpaired) electrons. The first-order chi connectivity index (χ1) is 17.6. The van der Waals surface area contributed by atoms with Crippen LogP contribution < -0.4 is 5.43 Å². The average molecular weight is 487 g/mol. The van der Waals surface area contributed by atoms with Crippen molar-refractivity contribution in [2.75, 3.05) is 13.1 Å². The summed E-state index contributed by atoms with van der Waals surface area (Å²) >= 11 is 0. The van der Waals surface area contributed by atoms with Crippen molar-refractivity contribution in [3.05, 3.63) is 92.9 Å². The van der Waals surface area contributed by atoms with Crippen molar-refractivity contribution < 1.29 is 9.90 Å². The number of fused-ring (bicyclic) bond motifs is 2. The van der Waals surface area contributed by atoms with Crippen molar-refractivity contribution in [2.45, 2.75) is 64.5 Å². The molecule has 1 fully saturated rings. The molecule has 2 atom stereocenters. The van der Waals surface area contributed by atoms with Gasteiger partial charge in [0.25, 0.3) is 5.91 Å². The number of hydrazine groups is 1. The summed E-state index contributed by atoms with van der Waals surface area (Å²) in [6, 6.07) is 17.0. The van der Waals surface area contributed by atoms with Gasteiger partial charge in [-0.15, -0.1) is 0 Å². The normalized spacial score (nSPS) is 18.6. The number of aryl methyl sites for hydroxylation is 2. The smallest absolute Gasteiger partial charge is 0.290 e. The van der Waals surface area contributed by atoms with Crippen molar-refractivity contribution in [2.24, 2.45) is 0 Å². The van der Waals surface area contributed by atoms with Crippen molar-refractivity contribution in [3.63, 3.8) is 0 Å². The van der Waals surface area contributed by atoms with Gasteiger partial charge in [0.05, 0.1) is 6.20 Å². The van der Waals surface area contributed by atoms with Crippen LogP contribution in [-0.2, 0) is 12.8 Å². The minimum absolute atomic E-state index is 0.0179. The van der Waals surface area contributed by atoms with Crippen LogP contribution in [-0.4, -0.2) is 43.9 Å². The van der Waals surface area contributed by atoms with Crippen LogP contribution in [0.5, 0.6) is 5.75 Å². The summed E-state index contributed by atoms with van der Waals surface area (Å²) in [6.45, 7) is 5.61. The van der Waals surface area contributed by atoms with Gasteiger partial charge in [-0.05, 0) is 54.4 Å². The molecule has 1 aromatic heterocycles. The summed E-state index contributed by atoms with van der Waals surface area (Å²) in [5.74, 6) is -1.04. The third kappa shape index (κ3) is 4.11. The molecular formula is C29H34N4O3. The molecular weight excluding hydrogens is 452 g/mol. The van der Waals surface area contributed by atoms with E-state index in [1.54, 1.807) is 9.69 Å². The van der Waals surface area contributed by atoms with E-state index in [0.29, 0.717) is 13.1 Å². The highest BCUT2D eigenvalue weighted by Crippen LogP contribution is 2.45. The Kier molecular flexibility index (Phi) is 6.92. The van der Waals surface area contributed by atoms with Crippen molar-refractivity contribution in [1.82, 2.24) is 19.8 Å². The maximum Gasteiger partial charge on any atom is 0.290 e. The molecule has 1 N–H and O–H groups in total. The Labute approximate surface area is 212 Å². The van der Waals surface area contributed by atoms with Gasteiger partial charge in [-0.25, -0.2) is 4.68 Å². The SMILES string of the molecule is CCCCc1ccccc1C(c1ccccc1CC)C1N2CCCCN2C(=O)c2c(O)c(=O)cnn21. The zero-order chi connectivity index (χ0) is 25.2. The van der Waals surface area contributed by atoms with Gasteiger partial charge in [-0.3, -0.25) is 14.6 Å². The highest BCUT2D eigenvalue weighted by atomic mass is 16.3. The third-order valence-corrected chi connectivity index (χ3v) is 7.56. The van der Waals surface area contributed by atoms with Gasteiger partial charge in [0.2, 0.25) is 5.43 Å². The van der Waals surface area contributed by atoms with Crippen LogP contribution in [0.3, 0.4) is 0 Å². The van der Waals surface area contributed by atoms with Crippen LogP contribution in [0, 0.1) is 0 Å². The fraction of sp³-hybridized carbons (Fsp3) is 0.414. The molecule has 0 bridgehead atoms. The largest absolute Gasteiger partial charge is 0.502 e. The molecule has 7 heteroatoms. The summed E-state index contributed by atoms with van der Waals surface area (Å²) in [5, 5.41) is 19.1. The first-order valence-corrected chi connectivity index (χ1v) is 13.1. The van der Waals surface area contributed by atoms with Crippen LogP contribution in [0.2, 0.25) is 0 Å². The summed E-state index contributed by atoms with van der Waals surface area (Å²) in [4.78, 5) is 25.9. The van der Waals surface area contributed by atoms with Gasteiger partial charge in [-0.2, -0.15) is 10.1 Å². The van der Waals surface area contributed by atoms with Crippen LogP contribution >= 0.6 is 0 Å². The van der Waals surface area contributed by atoms with E-state index in [0.717, 1.165) is 44.7 Å². The van der Waals surface area contributed by atoms with E-state index < -0.39 is 17.3 Å². The number of hydrogen-bond acceptors (Lipinski definition) is 5. The highest BCUT2D eigenvalue weighted by Gasteiger charge is 2.46. The molecule has 7 nitrogen and oxygen atoms in total. The number of aromatic hydroxyl groups is 1. The Morgan fingerprint density at radius 3 is 2.36 bits per heavy atom. The highest BCUT2D eigenvalue weighted by molar-refractivity contribution is 5.95. The number of hydrogen-bond donors (Lipinski definition) is 1. The zero-order valence-corrected chi connectivity index (χ0v) is 21.1. The molecule has 188 valence electrons. The third-order valence-electron chi connectivity index (χ3n) is 7.56. The second-order valence-corrected chi connectivity index (χ2v) is 9.70. The van der Waals surface area contributed by atoms with E-state index in [9.17, 15) is 14.7 Å². The predicted octanol–water partition coefficient (Wildman–Crippen LogP) is 4.65. The van der Waals surface area contributed by atoms with Crippen LogP contribution in [0.25, 0.3) is 0 Å². The lowest BCUT2D eigenvalue weighted by Crippen LogP contribution is -2.59. The molecule has 2 aliphatic heterocycles. The minimum Gasteiger partial charge on any atom is -0.502 e. The lowest BCUT2D eigenvalue weighted by Gasteiger charge is -2.50. The van der Waals surface area contributed by atoms with E-state index in [4.69, 9.17) is 0 Å². The predicted molar refractivity (Wildman–Crippen MR) is 139 cm³/mol. The Bertz CT molecular complexity index is 1320. The van der Waals surface area contributed by atoms with Gasteiger partial charge in [0.15, 0.2) is 11.4 Å². The first-order valence-electron chi connectivity index (χ1n) is 13.1. The fourth-order valence-corrected chi connectivity index (χ4v) is 5.78. The minimum atomic E-state index is -0.632. The van der Waals surface area contributed by atoms with Gasteiger partial charge in [-0.1, -0.05) is 68.8 Å². The second kappa shape index (κ2) is 10.3. The quantitative estimate of drug-likeness (QED) is 0.526. The van der Waals surface area contributed by atoms with Gasteiger partial charge < -0.3 is 5.11 Å². The topological polar surface area (TPSA) is 78.7 Å². The average Bonchev–Trinajstić information content (AvgIpc) is 2.92.